The number of likely N-dealkylation sites (tertiary alicyclic amines) is 1. The number of aryl methyl sites for hydroxylation is 2. The topological polar surface area (TPSA) is 137 Å². The van der Waals surface area contributed by atoms with E-state index < -0.39 is 46.2 Å². The summed E-state index contributed by atoms with van der Waals surface area (Å²) in [6.45, 7) is 7.67. The average Bonchev–Trinajstić information content (AvgIpc) is 3.29. The quantitative estimate of drug-likeness (QED) is 0.391. The molecule has 1 unspecified atom stereocenters. The predicted molar refractivity (Wildman–Crippen MR) is 154 cm³/mol. The zero-order chi connectivity index (χ0) is 29.5. The first kappa shape index (κ1) is 28.6. The van der Waals surface area contributed by atoms with Crippen LogP contribution in [0.25, 0.3) is 11.3 Å². The molecule has 2 aliphatic heterocycles. The van der Waals surface area contributed by atoms with Crippen LogP contribution < -0.4 is 14.8 Å². The first-order chi connectivity index (χ1) is 19.5. The van der Waals surface area contributed by atoms with Crippen LogP contribution in [0.5, 0.6) is 5.88 Å². The number of nitrogens with one attached hydrogen (secondary N) is 3. The molecule has 4 bridgehead atoms. The summed E-state index contributed by atoms with van der Waals surface area (Å²) in [5.41, 5.74) is 3.32. The molecule has 1 aromatic heterocycles. The van der Waals surface area contributed by atoms with Crippen molar-refractivity contribution in [3.8, 4) is 17.1 Å². The summed E-state index contributed by atoms with van der Waals surface area (Å²) in [4.78, 5) is 24.0. The van der Waals surface area contributed by atoms with Crippen LogP contribution in [0.15, 0.2) is 53.4 Å². The molecule has 0 saturated carbocycles. The molecule has 41 heavy (non-hydrogen) atoms. The van der Waals surface area contributed by atoms with Crippen LogP contribution in [0.2, 0.25) is 0 Å². The van der Waals surface area contributed by atoms with E-state index in [2.05, 4.69) is 20.0 Å². The van der Waals surface area contributed by atoms with Gasteiger partial charge in [-0.05, 0) is 50.1 Å². The van der Waals surface area contributed by atoms with Gasteiger partial charge in [0.15, 0.2) is 0 Å². The smallest absolute Gasteiger partial charge is 0.264 e. The highest BCUT2D eigenvalue weighted by Crippen LogP contribution is 2.31. The molecule has 0 spiro atoms. The first-order valence-electron chi connectivity index (χ1n) is 13.4. The lowest BCUT2D eigenvalue weighted by Gasteiger charge is -2.30. The number of hydrogen-bond donors (Lipinski definition) is 3. The van der Waals surface area contributed by atoms with Crippen LogP contribution in [0.4, 0.5) is 10.3 Å². The average molecular weight is 581 g/mol. The Kier molecular flexibility index (Phi) is 7.80. The van der Waals surface area contributed by atoms with E-state index in [0.717, 1.165) is 16.7 Å². The van der Waals surface area contributed by atoms with Crippen LogP contribution in [-0.4, -0.2) is 72.9 Å². The number of ether oxygens (including phenoxy) is 1. The largest absolute Gasteiger partial charge is 0.471 e. The number of fused-ring (bicyclic) bond motifs is 5. The second kappa shape index (κ2) is 11.2. The Balaban J connectivity index is 1.63. The molecular formula is C29H33FN6O4S. The molecule has 10 nitrogen and oxygen atoms in total. The predicted octanol–water partition coefficient (Wildman–Crippen LogP) is 3.75. The highest BCUT2D eigenvalue weighted by atomic mass is 32.2. The normalized spacial score (nSPS) is 22.3. The minimum absolute atomic E-state index is 0.116. The number of nitrogens with zero attached hydrogens (tertiary/aromatic N) is 3. The third kappa shape index (κ3) is 5.80. The Morgan fingerprint density at radius 1 is 1.10 bits per heavy atom. The summed E-state index contributed by atoms with van der Waals surface area (Å²) < 4.78 is 49.7. The third-order valence-corrected chi connectivity index (χ3v) is 9.14. The fourth-order valence-corrected chi connectivity index (χ4v) is 6.42. The number of anilines is 1. The van der Waals surface area contributed by atoms with E-state index in [1.165, 1.54) is 37.4 Å². The molecule has 5 rings (SSSR count). The van der Waals surface area contributed by atoms with Crippen LogP contribution in [0.1, 0.15) is 35.3 Å². The number of alkyl halides is 1. The molecule has 0 radical (unpaired) electrons. The summed E-state index contributed by atoms with van der Waals surface area (Å²) in [6, 6.07) is 12.1. The number of halogens is 1. The number of sulfonamides is 1. The Morgan fingerprint density at radius 3 is 2.49 bits per heavy atom. The van der Waals surface area contributed by atoms with Crippen molar-refractivity contribution in [2.75, 3.05) is 17.8 Å². The van der Waals surface area contributed by atoms with Crippen LogP contribution in [0, 0.1) is 25.2 Å². The van der Waals surface area contributed by atoms with E-state index in [9.17, 15) is 17.6 Å². The zero-order valence-electron chi connectivity index (χ0n) is 23.3. The number of hydrogen-bond acceptors (Lipinski definition) is 8. The van der Waals surface area contributed by atoms with Gasteiger partial charge in [-0.2, -0.15) is 4.98 Å². The maximum Gasteiger partial charge on any atom is 0.264 e. The number of benzene rings is 2. The molecule has 12 heteroatoms. The van der Waals surface area contributed by atoms with Crippen molar-refractivity contribution < 1.29 is 22.3 Å². The Morgan fingerprint density at radius 2 is 1.80 bits per heavy atom. The van der Waals surface area contributed by atoms with Gasteiger partial charge < -0.3 is 15.5 Å². The van der Waals surface area contributed by atoms with Crippen LogP contribution in [-0.2, 0) is 10.0 Å². The van der Waals surface area contributed by atoms with Gasteiger partial charge in [0.1, 0.15) is 12.3 Å². The molecule has 3 heterocycles. The van der Waals surface area contributed by atoms with Gasteiger partial charge in [0, 0.05) is 48.5 Å². The summed E-state index contributed by atoms with van der Waals surface area (Å²) in [5, 5.41) is 11.0. The first-order valence-corrected chi connectivity index (χ1v) is 14.9. The Bertz CT molecular complexity index is 1580. The Labute approximate surface area is 238 Å². The summed E-state index contributed by atoms with van der Waals surface area (Å²) in [5.74, 6) is -0.992. The molecule has 1 saturated heterocycles. The molecule has 3 N–H and O–H groups in total. The maximum atomic E-state index is 14.3. The van der Waals surface area contributed by atoms with Crippen LogP contribution >= 0.6 is 0 Å². The molecule has 1 fully saturated rings. The monoisotopic (exact) mass is 580 g/mol. The minimum Gasteiger partial charge on any atom is -0.471 e. The SMILES string of the molecule is Cc1cccc(C)c1-c1cc2nc(n1)NS(=O)(=O)c1cccc(c1)C(=O)N[C@@H]1CN(C(C=N)[C@H](C)[C@H](C)F)C[C@H]1O2. The number of carbonyl (C=O) groups excluding carboxylic acids is 1. The van der Waals surface area contributed by atoms with Gasteiger partial charge in [0.25, 0.3) is 15.9 Å². The van der Waals surface area contributed by atoms with Gasteiger partial charge in [-0.25, -0.2) is 22.5 Å². The third-order valence-electron chi connectivity index (χ3n) is 7.81. The number of amides is 1. The van der Waals surface area contributed by atoms with Gasteiger partial charge in [0.2, 0.25) is 11.8 Å². The molecular weight excluding hydrogens is 547 g/mol. The summed E-state index contributed by atoms with van der Waals surface area (Å²) in [6.07, 6.45) is -0.550. The highest BCUT2D eigenvalue weighted by molar-refractivity contribution is 7.92. The van der Waals surface area contributed by atoms with Gasteiger partial charge in [0.05, 0.1) is 16.6 Å². The van der Waals surface area contributed by atoms with Crippen molar-refractivity contribution in [2.45, 2.75) is 56.9 Å². The minimum atomic E-state index is -4.14. The lowest BCUT2D eigenvalue weighted by Crippen LogP contribution is -2.46. The maximum absolute atomic E-state index is 14.3. The van der Waals surface area contributed by atoms with E-state index in [-0.39, 0.29) is 28.8 Å². The van der Waals surface area contributed by atoms with E-state index in [0.29, 0.717) is 12.2 Å². The van der Waals surface area contributed by atoms with Crippen molar-refractivity contribution in [1.82, 2.24) is 20.2 Å². The van der Waals surface area contributed by atoms with Gasteiger partial charge in [-0.3, -0.25) is 9.69 Å². The van der Waals surface area contributed by atoms with Crippen LogP contribution in [0.3, 0.4) is 0 Å². The van der Waals surface area contributed by atoms with Crippen molar-refractivity contribution in [3.05, 3.63) is 65.2 Å². The van der Waals surface area contributed by atoms with Crippen molar-refractivity contribution in [3.63, 3.8) is 0 Å². The number of rotatable bonds is 5. The van der Waals surface area contributed by atoms with Crippen molar-refractivity contribution >= 4 is 28.1 Å². The van der Waals surface area contributed by atoms with E-state index in [1.807, 2.05) is 36.9 Å². The van der Waals surface area contributed by atoms with E-state index in [1.54, 1.807) is 13.0 Å². The van der Waals surface area contributed by atoms with Gasteiger partial charge in [-0.15, -0.1) is 0 Å². The van der Waals surface area contributed by atoms with Crippen molar-refractivity contribution in [1.29, 1.82) is 5.41 Å². The molecule has 1 amide bonds. The number of carbonyl (C=O) groups is 1. The molecule has 0 aliphatic carbocycles. The summed E-state index contributed by atoms with van der Waals surface area (Å²) in [7, 11) is -4.14. The Hall–Kier alpha value is -3.90. The lowest BCUT2D eigenvalue weighted by atomic mass is 9.97. The molecule has 2 aliphatic rings. The zero-order valence-corrected chi connectivity index (χ0v) is 24.1. The van der Waals surface area contributed by atoms with Crippen molar-refractivity contribution in [2.24, 2.45) is 5.92 Å². The number of aromatic nitrogens is 2. The molecule has 5 atom stereocenters. The van der Waals surface area contributed by atoms with Gasteiger partial charge in [-0.1, -0.05) is 31.2 Å². The second-order valence-corrected chi connectivity index (χ2v) is 12.4. The molecule has 2 aromatic carbocycles. The van der Waals surface area contributed by atoms with E-state index >= 15 is 0 Å². The fourth-order valence-electron chi connectivity index (χ4n) is 5.43. The fraction of sp³-hybridized carbons (Fsp3) is 0.379. The van der Waals surface area contributed by atoms with E-state index in [4.69, 9.17) is 10.1 Å². The summed E-state index contributed by atoms with van der Waals surface area (Å²) >= 11 is 0. The molecule has 3 aromatic rings. The second-order valence-electron chi connectivity index (χ2n) is 10.7. The standard InChI is InChI=1S/C29H33FN6O4S/c1-16-7-5-8-17(2)27(16)22-12-26-34-29(33-22)35-41(38,39)21-10-6-9-20(11-21)28(37)32-23-14-36(15-25(23)40-26)24(13-31)18(3)19(4)30/h5-13,18-19,23-25,31H,14-15H2,1-4H3,(H,32,37)(H,33,34,35)/t18-,19+,23-,24?,25-/m1/s1. The highest BCUT2D eigenvalue weighted by Gasteiger charge is 2.41. The van der Waals surface area contributed by atoms with Gasteiger partial charge >= 0.3 is 0 Å². The lowest BCUT2D eigenvalue weighted by molar-refractivity contribution is 0.0901. The molecule has 216 valence electrons.